The lowest BCUT2D eigenvalue weighted by molar-refractivity contribution is -0.125. The second kappa shape index (κ2) is 8.97. The standard InChI is InChI=1S/C22H25N3O2S/c1-3-9-15(2)23-20(26)19(14-16-10-5-4-6-11-16)25-21(27)17-12-7-8-13-18(17)24-22(25)28/h4-8,10-13,15,19H,3,9,14H2,1-2H3,(H,23,26)(H,24,28)/t15?,19-/m1/s1. The molecule has 6 heteroatoms. The van der Waals surface area contributed by atoms with Gasteiger partial charge in [0.05, 0.1) is 10.9 Å². The molecule has 0 radical (unpaired) electrons. The summed E-state index contributed by atoms with van der Waals surface area (Å²) >= 11 is 5.47. The van der Waals surface area contributed by atoms with E-state index in [2.05, 4.69) is 17.2 Å². The van der Waals surface area contributed by atoms with Crippen molar-refractivity contribution in [2.45, 2.75) is 45.2 Å². The summed E-state index contributed by atoms with van der Waals surface area (Å²) in [4.78, 5) is 29.4. The van der Waals surface area contributed by atoms with E-state index in [0.29, 0.717) is 17.3 Å². The van der Waals surface area contributed by atoms with Crippen LogP contribution in [0.5, 0.6) is 0 Å². The highest BCUT2D eigenvalue weighted by Gasteiger charge is 2.25. The zero-order chi connectivity index (χ0) is 20.1. The minimum Gasteiger partial charge on any atom is -0.352 e. The van der Waals surface area contributed by atoms with Gasteiger partial charge in [0, 0.05) is 12.5 Å². The zero-order valence-electron chi connectivity index (χ0n) is 16.1. The fraction of sp³-hybridized carbons (Fsp3) is 0.318. The number of rotatable bonds is 7. The van der Waals surface area contributed by atoms with Crippen LogP contribution in [0.25, 0.3) is 10.9 Å². The number of hydrogen-bond acceptors (Lipinski definition) is 3. The SMILES string of the molecule is CCCC(C)NC(=O)[C@@H](Cc1ccccc1)n1c(=S)[nH]c2ccccc2c1=O. The van der Waals surface area contributed by atoms with Gasteiger partial charge >= 0.3 is 0 Å². The number of nitrogens with zero attached hydrogens (tertiary/aromatic N) is 1. The Morgan fingerprint density at radius 1 is 1.14 bits per heavy atom. The van der Waals surface area contributed by atoms with E-state index in [4.69, 9.17) is 12.2 Å². The van der Waals surface area contributed by atoms with Crippen LogP contribution in [0.15, 0.2) is 59.4 Å². The van der Waals surface area contributed by atoms with Crippen LogP contribution in [0, 0.1) is 4.77 Å². The average molecular weight is 396 g/mol. The van der Waals surface area contributed by atoms with Gasteiger partial charge in [0.25, 0.3) is 5.56 Å². The molecule has 0 aliphatic rings. The summed E-state index contributed by atoms with van der Waals surface area (Å²) in [5.41, 5.74) is 1.39. The summed E-state index contributed by atoms with van der Waals surface area (Å²) in [6, 6.07) is 16.2. The second-order valence-corrected chi connectivity index (χ2v) is 7.44. The van der Waals surface area contributed by atoms with Gasteiger partial charge in [-0.3, -0.25) is 14.2 Å². The number of nitrogens with one attached hydrogen (secondary N) is 2. The lowest BCUT2D eigenvalue weighted by atomic mass is 10.0. The molecule has 0 aliphatic carbocycles. The molecule has 1 aromatic heterocycles. The van der Waals surface area contributed by atoms with E-state index in [0.717, 1.165) is 18.4 Å². The van der Waals surface area contributed by atoms with Gasteiger partial charge in [-0.1, -0.05) is 55.8 Å². The molecule has 1 heterocycles. The molecule has 1 unspecified atom stereocenters. The molecule has 2 N–H and O–H groups in total. The van der Waals surface area contributed by atoms with E-state index >= 15 is 0 Å². The highest BCUT2D eigenvalue weighted by atomic mass is 32.1. The van der Waals surface area contributed by atoms with Crippen molar-refractivity contribution in [1.29, 1.82) is 0 Å². The number of carbonyl (C=O) groups excluding carboxylic acids is 1. The van der Waals surface area contributed by atoms with Crippen molar-refractivity contribution in [1.82, 2.24) is 14.9 Å². The number of aromatic nitrogens is 2. The predicted molar refractivity (Wildman–Crippen MR) is 115 cm³/mol. The second-order valence-electron chi connectivity index (χ2n) is 7.05. The molecule has 3 rings (SSSR count). The number of hydrogen-bond donors (Lipinski definition) is 2. The van der Waals surface area contributed by atoms with Crippen LogP contribution < -0.4 is 10.9 Å². The van der Waals surface area contributed by atoms with Crippen LogP contribution in [-0.2, 0) is 11.2 Å². The van der Waals surface area contributed by atoms with Crippen molar-refractivity contribution in [3.8, 4) is 0 Å². The first-order valence-electron chi connectivity index (χ1n) is 9.59. The summed E-state index contributed by atoms with van der Waals surface area (Å²) in [5.74, 6) is -0.193. The number of H-pyrrole nitrogens is 1. The van der Waals surface area contributed by atoms with E-state index in [-0.39, 0.29) is 22.3 Å². The maximum absolute atomic E-state index is 13.2. The molecule has 0 aliphatic heterocycles. The minimum atomic E-state index is -0.720. The predicted octanol–water partition coefficient (Wildman–Crippen LogP) is 4.15. The van der Waals surface area contributed by atoms with Gasteiger partial charge in [0.15, 0.2) is 4.77 Å². The van der Waals surface area contributed by atoms with E-state index in [9.17, 15) is 9.59 Å². The molecule has 2 atom stereocenters. The average Bonchev–Trinajstić information content (AvgIpc) is 2.68. The number of aromatic amines is 1. The van der Waals surface area contributed by atoms with Crippen molar-refractivity contribution < 1.29 is 4.79 Å². The first-order valence-corrected chi connectivity index (χ1v) is 10.00. The number of amides is 1. The highest BCUT2D eigenvalue weighted by molar-refractivity contribution is 7.71. The topological polar surface area (TPSA) is 66.9 Å². The Balaban J connectivity index is 2.08. The molecular weight excluding hydrogens is 370 g/mol. The Labute approximate surface area is 169 Å². The van der Waals surface area contributed by atoms with Crippen molar-refractivity contribution in [3.05, 3.63) is 75.3 Å². The smallest absolute Gasteiger partial charge is 0.262 e. The Kier molecular flexibility index (Phi) is 6.41. The first kappa shape index (κ1) is 20.0. The Morgan fingerprint density at radius 2 is 1.82 bits per heavy atom. The van der Waals surface area contributed by atoms with Gasteiger partial charge < -0.3 is 10.3 Å². The number of benzene rings is 2. The lowest BCUT2D eigenvalue weighted by Crippen LogP contribution is -2.42. The molecule has 0 fully saturated rings. The fourth-order valence-corrected chi connectivity index (χ4v) is 3.76. The molecule has 2 aromatic carbocycles. The molecule has 3 aromatic rings. The summed E-state index contributed by atoms with van der Waals surface area (Å²) in [6.07, 6.45) is 2.24. The van der Waals surface area contributed by atoms with E-state index in [1.54, 1.807) is 12.1 Å². The van der Waals surface area contributed by atoms with Gasteiger partial charge in [-0.25, -0.2) is 0 Å². The first-order chi connectivity index (χ1) is 13.5. The van der Waals surface area contributed by atoms with E-state index in [1.165, 1.54) is 4.57 Å². The van der Waals surface area contributed by atoms with Gasteiger partial charge in [0.2, 0.25) is 5.91 Å². The normalized spacial score (nSPS) is 13.2. The third-order valence-corrected chi connectivity index (χ3v) is 5.13. The molecule has 1 amide bonds. The zero-order valence-corrected chi connectivity index (χ0v) is 17.0. The molecule has 0 saturated carbocycles. The fourth-order valence-electron chi connectivity index (χ4n) is 3.44. The molecule has 28 heavy (non-hydrogen) atoms. The van der Waals surface area contributed by atoms with Gasteiger partial charge in [-0.15, -0.1) is 0 Å². The van der Waals surface area contributed by atoms with E-state index in [1.807, 2.05) is 49.4 Å². The van der Waals surface area contributed by atoms with Crippen LogP contribution in [0.2, 0.25) is 0 Å². The molecule has 0 spiro atoms. The highest BCUT2D eigenvalue weighted by Crippen LogP contribution is 2.16. The summed E-state index contributed by atoms with van der Waals surface area (Å²) in [7, 11) is 0. The number of fused-ring (bicyclic) bond motifs is 1. The van der Waals surface area contributed by atoms with E-state index < -0.39 is 6.04 Å². The van der Waals surface area contributed by atoms with Gasteiger partial charge in [-0.2, -0.15) is 0 Å². The van der Waals surface area contributed by atoms with Crippen molar-refractivity contribution in [3.63, 3.8) is 0 Å². The Morgan fingerprint density at radius 3 is 2.54 bits per heavy atom. The molecule has 0 saturated heterocycles. The minimum absolute atomic E-state index is 0.0319. The molecule has 0 bridgehead atoms. The van der Waals surface area contributed by atoms with Crippen molar-refractivity contribution >= 4 is 29.0 Å². The third kappa shape index (κ3) is 4.39. The van der Waals surface area contributed by atoms with Crippen molar-refractivity contribution in [2.75, 3.05) is 0 Å². The van der Waals surface area contributed by atoms with Gasteiger partial charge in [-0.05, 0) is 43.3 Å². The quantitative estimate of drug-likeness (QED) is 0.591. The van der Waals surface area contributed by atoms with Crippen LogP contribution in [0.1, 0.15) is 38.3 Å². The largest absolute Gasteiger partial charge is 0.352 e. The summed E-state index contributed by atoms with van der Waals surface area (Å²) < 4.78 is 1.67. The van der Waals surface area contributed by atoms with Crippen LogP contribution in [0.4, 0.5) is 0 Å². The number of para-hydroxylation sites is 1. The van der Waals surface area contributed by atoms with Crippen LogP contribution >= 0.6 is 12.2 Å². The molecular formula is C22H25N3O2S. The monoisotopic (exact) mass is 395 g/mol. The van der Waals surface area contributed by atoms with Crippen LogP contribution in [-0.4, -0.2) is 21.5 Å². The molecule has 146 valence electrons. The third-order valence-electron chi connectivity index (χ3n) is 4.83. The number of carbonyl (C=O) groups is 1. The maximum atomic E-state index is 13.2. The van der Waals surface area contributed by atoms with Gasteiger partial charge in [0.1, 0.15) is 6.04 Å². The summed E-state index contributed by atoms with van der Waals surface area (Å²) in [5, 5.41) is 3.56. The Hall–Kier alpha value is -2.73. The lowest BCUT2D eigenvalue weighted by Gasteiger charge is -2.22. The van der Waals surface area contributed by atoms with Crippen molar-refractivity contribution in [2.24, 2.45) is 0 Å². The maximum Gasteiger partial charge on any atom is 0.262 e. The summed E-state index contributed by atoms with van der Waals surface area (Å²) in [6.45, 7) is 4.05. The molecule has 5 nitrogen and oxygen atoms in total. The van der Waals surface area contributed by atoms with Crippen LogP contribution in [0.3, 0.4) is 0 Å². The Bertz CT molecular complexity index is 1070.